The van der Waals surface area contributed by atoms with Crippen LogP contribution in [-0.4, -0.2) is 145 Å². The van der Waals surface area contributed by atoms with E-state index >= 15 is 0 Å². The van der Waals surface area contributed by atoms with Gasteiger partial charge in [0.25, 0.3) is 0 Å². The summed E-state index contributed by atoms with van der Waals surface area (Å²) in [4.78, 5) is 36.6. The van der Waals surface area contributed by atoms with E-state index in [1.54, 1.807) is 32.6 Å². The molecule has 2 aliphatic rings. The molecular weight excluding hydrogens is 942 g/mol. The van der Waals surface area contributed by atoms with Crippen molar-refractivity contribution in [1.82, 2.24) is 14.8 Å². The van der Waals surface area contributed by atoms with Crippen LogP contribution in [-0.2, 0) is 23.8 Å². The van der Waals surface area contributed by atoms with Crippen molar-refractivity contribution >= 4 is 35.2 Å². The van der Waals surface area contributed by atoms with Crippen molar-refractivity contribution in [3.8, 4) is 0 Å². The van der Waals surface area contributed by atoms with Crippen molar-refractivity contribution in [2.75, 3.05) is 26.8 Å². The smallest absolute Gasteiger partial charge is 0.126 e. The molecule has 13 nitrogen and oxygen atoms in total. The normalized spacial score (nSPS) is 32.4. The first kappa shape index (κ1) is 60.5. The van der Waals surface area contributed by atoms with Crippen LogP contribution < -0.4 is 16.0 Å². The fourth-order valence-electron chi connectivity index (χ4n) is 12.0. The predicted octanol–water partition coefficient (Wildman–Crippen LogP) is 7.28. The summed E-state index contributed by atoms with van der Waals surface area (Å²) < 4.78 is 18.6. The summed E-state index contributed by atoms with van der Waals surface area (Å²) in [5.74, 6) is -3.32. The summed E-state index contributed by atoms with van der Waals surface area (Å²) >= 11 is 0. The van der Waals surface area contributed by atoms with E-state index < -0.39 is 79.1 Å². The molecule has 0 saturated carbocycles. The first-order valence-corrected chi connectivity index (χ1v) is 29.9. The van der Waals surface area contributed by atoms with E-state index in [-0.39, 0.29) is 49.8 Å². The van der Waals surface area contributed by atoms with Crippen molar-refractivity contribution in [2.24, 2.45) is 17.8 Å². The number of rotatable bonds is 20. The van der Waals surface area contributed by atoms with E-state index in [9.17, 15) is 35.1 Å². The number of hydrogen-bond acceptors (Lipinski definition) is 12. The number of aliphatic hydroxyl groups excluding tert-OH is 3. The molecule has 0 unspecified atom stereocenters. The molecule has 5 rings (SSSR count). The zero-order chi connectivity index (χ0) is 53.5. The number of pyridine rings is 1. The van der Waals surface area contributed by atoms with Crippen LogP contribution in [0.2, 0.25) is 0 Å². The number of unbranched alkanes of at least 4 members (excludes halogenated alkanes) is 9. The second kappa shape index (κ2) is 28.1. The van der Waals surface area contributed by atoms with Crippen LogP contribution in [0, 0.1) is 17.8 Å². The molecule has 14 heteroatoms. The number of esters is 1. The number of nitrogens with zero attached hydrogens (tertiary/aromatic N) is 3. The molecule has 0 aliphatic carbocycles. The number of carbonyl (C=O) groups excluding carboxylic acids is 2. The SMILES string of the molecule is CC[C@H]1OC(=O)[C@H](C)[C@@H](O)[C@H](C)[C@@H](O[C@@H]2O[C@H](C)C[C@H](N(C)C)[C@H]2O)[C@](C)(O)C[C@@H](C)CN(C(=O)CCCCCCCCCCCC[PH](c2ccccc2)(c2ccccc2)c2ccccn2)[C@H](C)[C@@H](O)[C@]1(C)O. The van der Waals surface area contributed by atoms with Gasteiger partial charge in [-0.05, 0) is 73.9 Å². The number of aromatic nitrogens is 1. The van der Waals surface area contributed by atoms with Crippen LogP contribution in [0.3, 0.4) is 0 Å². The maximum absolute atomic E-state index is 14.3. The summed E-state index contributed by atoms with van der Waals surface area (Å²) in [6.07, 6.45) is 7.09. The van der Waals surface area contributed by atoms with Gasteiger partial charge in [-0.15, -0.1) is 0 Å². The standard InChI is InChI=1S/C59H94N3O10P/c1-11-49-59(8,69)54(66)45(6)62(40-41(2)39-58(7,68)55(43(4)52(64)44(5)56(67)71-49)72-57-53(65)48(61(9)10)38-42(3)70-57)51(63)35-26-18-16-14-12-13-15-17-19-29-37-73(46-30-22-20-23-31-46,47-32-24-21-25-33-47)50-34-27-28-36-60-50/h20-25,27-28,30-34,36,41-45,48-49,52-55,57,64-66,68-69,73H,11-19,26,29,35,37-40H2,1-10H3/t41-,42-,43+,44-,45-,48+,49-,52+,53-,54-,55-,57+,58-,59-/m1/s1. The second-order valence-corrected chi connectivity index (χ2v) is 26.6. The number of aliphatic hydroxyl groups is 5. The van der Waals surface area contributed by atoms with Gasteiger partial charge in [0, 0.05) is 18.5 Å². The number of ether oxygens (including phenoxy) is 3. The fraction of sp³-hybridized carbons (Fsp3) is 0.678. The number of carbonyl (C=O) groups is 2. The van der Waals surface area contributed by atoms with E-state index in [1.165, 1.54) is 55.6 Å². The molecule has 410 valence electrons. The van der Waals surface area contributed by atoms with Gasteiger partial charge in [-0.1, -0.05) is 20.8 Å². The van der Waals surface area contributed by atoms with E-state index in [4.69, 9.17) is 19.2 Å². The van der Waals surface area contributed by atoms with Gasteiger partial charge in [-0.25, -0.2) is 0 Å². The van der Waals surface area contributed by atoms with Crippen LogP contribution in [0.4, 0.5) is 0 Å². The third-order valence-corrected chi connectivity index (χ3v) is 21.2. The Kier molecular flexibility index (Phi) is 23.3. The number of likely N-dealkylation sites (N-methyl/N-ethyl adjacent to an activating group) is 1. The fourth-order valence-corrected chi connectivity index (χ4v) is 16.7. The molecule has 1 aromatic heterocycles. The van der Waals surface area contributed by atoms with Crippen molar-refractivity contribution in [3.05, 3.63) is 85.1 Å². The van der Waals surface area contributed by atoms with Crippen LogP contribution in [0.25, 0.3) is 0 Å². The molecular formula is C59H94N3O10P. The van der Waals surface area contributed by atoms with E-state index in [1.807, 2.05) is 45.1 Å². The summed E-state index contributed by atoms with van der Waals surface area (Å²) in [7, 11) is 1.42. The number of amides is 1. The van der Waals surface area contributed by atoms with Gasteiger partial charge in [-0.3, -0.25) is 9.59 Å². The average molecular weight is 1040 g/mol. The van der Waals surface area contributed by atoms with Gasteiger partial charge in [0.05, 0.1) is 35.9 Å². The van der Waals surface area contributed by atoms with Gasteiger partial charge in [-0.2, -0.15) is 0 Å². The molecule has 5 N–H and O–H groups in total. The van der Waals surface area contributed by atoms with E-state index in [0.29, 0.717) is 12.8 Å². The molecule has 3 heterocycles. The minimum atomic E-state index is -2.32. The average Bonchev–Trinajstić information content (AvgIpc) is 3.37. The Bertz CT molecular complexity index is 1990. The van der Waals surface area contributed by atoms with Gasteiger partial charge in [0.2, 0.25) is 5.91 Å². The molecule has 2 aliphatic heterocycles. The Labute approximate surface area is 438 Å². The molecule has 3 aromatic rings. The Morgan fingerprint density at radius 3 is 1.88 bits per heavy atom. The summed E-state index contributed by atoms with van der Waals surface area (Å²) in [6.45, 7) is 13.6. The quantitative estimate of drug-likeness (QED) is 0.0434. The monoisotopic (exact) mass is 1040 g/mol. The summed E-state index contributed by atoms with van der Waals surface area (Å²) in [6, 6.07) is 27.1. The third kappa shape index (κ3) is 15.6. The van der Waals surface area contributed by atoms with Crippen LogP contribution in [0.15, 0.2) is 85.1 Å². The molecule has 0 bridgehead atoms. The number of hydrogen-bond donors (Lipinski definition) is 5. The molecule has 0 spiro atoms. The van der Waals surface area contributed by atoms with Crippen molar-refractivity contribution in [2.45, 2.75) is 211 Å². The minimum Gasteiger partial charge on any atom is -0.388 e. The van der Waals surface area contributed by atoms with Gasteiger partial charge in [0.15, 0.2) is 6.29 Å². The van der Waals surface area contributed by atoms with Gasteiger partial charge >= 0.3 is 196 Å². The summed E-state index contributed by atoms with van der Waals surface area (Å²) in [5.41, 5.74) is -2.40. The molecule has 1 amide bonds. The van der Waals surface area contributed by atoms with Crippen LogP contribution in [0.1, 0.15) is 145 Å². The molecule has 2 aromatic carbocycles. The topological polar surface area (TPSA) is 182 Å². The first-order valence-electron chi connectivity index (χ1n) is 27.7. The van der Waals surface area contributed by atoms with Crippen molar-refractivity contribution in [1.29, 1.82) is 0 Å². The molecule has 2 saturated heterocycles. The zero-order valence-corrected chi connectivity index (χ0v) is 46.9. The Balaban J connectivity index is 1.18. The molecule has 0 radical (unpaired) electrons. The predicted molar refractivity (Wildman–Crippen MR) is 294 cm³/mol. The second-order valence-electron chi connectivity index (χ2n) is 22.6. The Morgan fingerprint density at radius 2 is 1.34 bits per heavy atom. The molecule has 73 heavy (non-hydrogen) atoms. The van der Waals surface area contributed by atoms with Gasteiger partial charge in [0.1, 0.15) is 23.9 Å². The third-order valence-electron chi connectivity index (χ3n) is 16.3. The van der Waals surface area contributed by atoms with Gasteiger partial charge < -0.3 is 49.5 Å². The maximum Gasteiger partial charge on any atom is 0.126 e. The maximum atomic E-state index is 14.3. The summed E-state index contributed by atoms with van der Waals surface area (Å²) in [5, 5.41) is 62.3. The zero-order valence-electron chi connectivity index (χ0n) is 45.9. The van der Waals surface area contributed by atoms with Crippen LogP contribution in [0.5, 0.6) is 0 Å². The Hall–Kier alpha value is -3.36. The van der Waals surface area contributed by atoms with E-state index in [0.717, 1.165) is 38.3 Å². The molecule has 2 fully saturated rings. The minimum absolute atomic E-state index is 0.0959. The van der Waals surface area contributed by atoms with Crippen molar-refractivity contribution < 1.29 is 49.3 Å². The first-order chi connectivity index (χ1) is 34.7. The van der Waals surface area contributed by atoms with Crippen LogP contribution >= 0.6 is 7.26 Å². The van der Waals surface area contributed by atoms with Crippen molar-refractivity contribution in [3.63, 3.8) is 0 Å². The molecule has 14 atom stereocenters. The van der Waals surface area contributed by atoms with E-state index in [2.05, 4.69) is 72.8 Å². The largest absolute Gasteiger partial charge is 0.388 e. The Morgan fingerprint density at radius 1 is 0.795 bits per heavy atom. The number of cyclic esters (lactones) is 1. The number of benzene rings is 2.